The van der Waals surface area contributed by atoms with Crippen LogP contribution in [0.1, 0.15) is 11.6 Å². The highest BCUT2D eigenvalue weighted by Crippen LogP contribution is 2.29. The molecule has 1 aromatic carbocycles. The molecule has 2 rings (SSSR count). The molecule has 1 aliphatic heterocycles. The fourth-order valence-electron chi connectivity index (χ4n) is 2.24. The van der Waals surface area contributed by atoms with Gasteiger partial charge in [-0.2, -0.15) is 0 Å². The Kier molecular flexibility index (Phi) is 8.46. The summed E-state index contributed by atoms with van der Waals surface area (Å²) < 4.78 is 66.7. The molecule has 0 saturated carbocycles. The molecule has 0 aliphatic carbocycles. The fourth-order valence-corrected chi connectivity index (χ4v) is 2.24. The monoisotopic (exact) mass is 352 g/mol. The highest BCUT2D eigenvalue weighted by Gasteiger charge is 2.31. The Labute approximate surface area is 131 Å². The molecule has 0 aromatic heterocycles. The van der Waals surface area contributed by atoms with E-state index in [4.69, 9.17) is 0 Å². The first-order valence-electron chi connectivity index (χ1n) is 5.90. The first kappa shape index (κ1) is 20.4. The molecule has 0 spiro atoms. The van der Waals surface area contributed by atoms with Crippen LogP contribution in [0.5, 0.6) is 0 Å². The van der Waals surface area contributed by atoms with Crippen LogP contribution in [-0.2, 0) is 0 Å². The van der Waals surface area contributed by atoms with Crippen LogP contribution in [-0.4, -0.2) is 37.8 Å². The van der Waals surface area contributed by atoms with E-state index < -0.39 is 41.5 Å². The Hall–Kier alpha value is -0.630. The van der Waals surface area contributed by atoms with Gasteiger partial charge >= 0.3 is 0 Å². The van der Waals surface area contributed by atoms with Crippen molar-refractivity contribution in [3.05, 3.63) is 34.9 Å². The van der Waals surface area contributed by atoms with Crippen molar-refractivity contribution in [1.82, 2.24) is 10.2 Å². The van der Waals surface area contributed by atoms with Gasteiger partial charge in [0.2, 0.25) is 0 Å². The largest absolute Gasteiger partial charge is 0.314 e. The third kappa shape index (κ3) is 4.18. The Morgan fingerprint density at radius 2 is 1.48 bits per heavy atom. The third-order valence-electron chi connectivity index (χ3n) is 3.22. The Bertz CT molecular complexity index is 443. The minimum absolute atomic E-state index is 0. The van der Waals surface area contributed by atoms with Gasteiger partial charge in [0.25, 0.3) is 0 Å². The molecule has 1 saturated heterocycles. The quantitative estimate of drug-likeness (QED) is 0.664. The van der Waals surface area contributed by atoms with Gasteiger partial charge in [-0.05, 0) is 0 Å². The second-order valence-electron chi connectivity index (χ2n) is 4.34. The lowest BCUT2D eigenvalue weighted by Gasteiger charge is -2.33. The summed E-state index contributed by atoms with van der Waals surface area (Å²) in [7, 11) is 0. The molecular formula is C12H15Cl2F5N2. The smallest absolute Gasteiger partial charge is 0.166 e. The molecule has 2 nitrogen and oxygen atoms in total. The Morgan fingerprint density at radius 1 is 1.00 bits per heavy atom. The summed E-state index contributed by atoms with van der Waals surface area (Å²) >= 11 is 0. The van der Waals surface area contributed by atoms with E-state index in [0.29, 0.717) is 26.2 Å². The topological polar surface area (TPSA) is 15.3 Å². The molecule has 1 heterocycles. The molecule has 0 amide bonds. The molecule has 122 valence electrons. The van der Waals surface area contributed by atoms with Gasteiger partial charge in [-0.25, -0.2) is 22.0 Å². The van der Waals surface area contributed by atoms with E-state index in [1.54, 1.807) is 0 Å². The number of rotatable bonds is 3. The van der Waals surface area contributed by atoms with Crippen molar-refractivity contribution < 1.29 is 22.0 Å². The van der Waals surface area contributed by atoms with Crippen molar-refractivity contribution in [2.75, 3.05) is 32.9 Å². The number of hydrogen-bond donors (Lipinski definition) is 1. The third-order valence-corrected chi connectivity index (χ3v) is 3.22. The van der Waals surface area contributed by atoms with E-state index in [9.17, 15) is 22.0 Å². The highest BCUT2D eigenvalue weighted by atomic mass is 35.5. The summed E-state index contributed by atoms with van der Waals surface area (Å²) in [6.07, 6.45) is 0. The molecule has 1 fully saturated rings. The van der Waals surface area contributed by atoms with E-state index in [1.807, 2.05) is 0 Å². The summed E-state index contributed by atoms with van der Waals surface area (Å²) in [5.41, 5.74) is -0.873. The van der Waals surface area contributed by atoms with Gasteiger partial charge in [0.15, 0.2) is 23.3 Å². The van der Waals surface area contributed by atoms with Crippen LogP contribution in [0.4, 0.5) is 22.0 Å². The van der Waals surface area contributed by atoms with Crippen molar-refractivity contribution in [2.24, 2.45) is 0 Å². The van der Waals surface area contributed by atoms with Crippen LogP contribution in [0.2, 0.25) is 0 Å². The second-order valence-corrected chi connectivity index (χ2v) is 4.34. The van der Waals surface area contributed by atoms with Crippen molar-refractivity contribution >= 4 is 24.8 Å². The molecular weight excluding hydrogens is 338 g/mol. The zero-order valence-electron chi connectivity index (χ0n) is 10.8. The van der Waals surface area contributed by atoms with Crippen LogP contribution in [0.3, 0.4) is 0 Å². The minimum atomic E-state index is -1.53. The van der Waals surface area contributed by atoms with Crippen LogP contribution < -0.4 is 5.32 Å². The predicted molar refractivity (Wildman–Crippen MR) is 73.9 cm³/mol. The summed E-state index contributed by atoms with van der Waals surface area (Å²) in [5.74, 6) is -6.08. The van der Waals surface area contributed by atoms with Gasteiger partial charge in [-0.3, -0.25) is 4.90 Å². The standard InChI is InChI=1S/C12H13F5N2.2ClH/c13-6-9(19-3-1-18-2-4-19)10-11(16)7(14)5-8(15)12(10)17;;/h5,9,18H,1-4,6H2;2*1H/t9-;;/m1../s1. The molecule has 1 aliphatic rings. The summed E-state index contributed by atoms with van der Waals surface area (Å²) in [6, 6.07) is -1.19. The molecule has 21 heavy (non-hydrogen) atoms. The number of piperazine rings is 1. The van der Waals surface area contributed by atoms with Gasteiger partial charge in [0, 0.05) is 37.8 Å². The maximum absolute atomic E-state index is 13.6. The van der Waals surface area contributed by atoms with E-state index in [2.05, 4.69) is 5.32 Å². The Morgan fingerprint density at radius 3 is 1.90 bits per heavy atom. The van der Waals surface area contributed by atoms with Gasteiger partial charge in [-0.15, -0.1) is 24.8 Å². The molecule has 1 N–H and O–H groups in total. The van der Waals surface area contributed by atoms with Crippen molar-refractivity contribution in [1.29, 1.82) is 0 Å². The highest BCUT2D eigenvalue weighted by molar-refractivity contribution is 5.85. The second kappa shape index (κ2) is 8.73. The molecule has 0 unspecified atom stereocenters. The van der Waals surface area contributed by atoms with E-state index >= 15 is 0 Å². The lowest BCUT2D eigenvalue weighted by Crippen LogP contribution is -2.46. The average Bonchev–Trinajstić information content (AvgIpc) is 2.42. The Balaban J connectivity index is 0.00000200. The summed E-state index contributed by atoms with van der Waals surface area (Å²) in [5, 5.41) is 3.00. The van der Waals surface area contributed by atoms with Crippen LogP contribution >= 0.6 is 24.8 Å². The van der Waals surface area contributed by atoms with E-state index in [0.717, 1.165) is 0 Å². The number of benzene rings is 1. The fraction of sp³-hybridized carbons (Fsp3) is 0.500. The maximum Gasteiger partial charge on any atom is 0.166 e. The van der Waals surface area contributed by atoms with E-state index in [1.165, 1.54) is 4.90 Å². The van der Waals surface area contributed by atoms with Gasteiger partial charge in [-0.1, -0.05) is 0 Å². The number of alkyl halides is 1. The average molecular weight is 353 g/mol. The lowest BCUT2D eigenvalue weighted by molar-refractivity contribution is 0.139. The minimum Gasteiger partial charge on any atom is -0.314 e. The number of nitrogens with zero attached hydrogens (tertiary/aromatic N) is 1. The van der Waals surface area contributed by atoms with Crippen LogP contribution in [0.15, 0.2) is 6.07 Å². The number of hydrogen-bond acceptors (Lipinski definition) is 2. The molecule has 0 radical (unpaired) electrons. The SMILES string of the molecule is Cl.Cl.FC[C@H](c1c(F)c(F)cc(F)c1F)N1CCNCC1. The lowest BCUT2D eigenvalue weighted by atomic mass is 10.0. The van der Waals surface area contributed by atoms with Crippen molar-refractivity contribution in [3.63, 3.8) is 0 Å². The van der Waals surface area contributed by atoms with E-state index in [-0.39, 0.29) is 30.9 Å². The van der Waals surface area contributed by atoms with Gasteiger partial charge < -0.3 is 5.32 Å². The zero-order valence-corrected chi connectivity index (χ0v) is 12.5. The van der Waals surface area contributed by atoms with Crippen molar-refractivity contribution in [2.45, 2.75) is 6.04 Å². The number of nitrogens with one attached hydrogen (secondary N) is 1. The van der Waals surface area contributed by atoms with Crippen LogP contribution in [0, 0.1) is 23.3 Å². The van der Waals surface area contributed by atoms with Crippen LogP contribution in [0.25, 0.3) is 0 Å². The van der Waals surface area contributed by atoms with Gasteiger partial charge in [0.05, 0.1) is 6.04 Å². The molecule has 1 aromatic rings. The summed E-state index contributed by atoms with van der Waals surface area (Å²) in [6.45, 7) is 0.642. The van der Waals surface area contributed by atoms with Crippen molar-refractivity contribution in [3.8, 4) is 0 Å². The first-order chi connectivity index (χ1) is 9.06. The summed E-state index contributed by atoms with van der Waals surface area (Å²) in [4.78, 5) is 1.47. The molecule has 1 atom stereocenters. The maximum atomic E-state index is 13.6. The normalized spacial score (nSPS) is 16.8. The number of halogens is 7. The zero-order chi connectivity index (χ0) is 14.0. The van der Waals surface area contributed by atoms with Gasteiger partial charge in [0.1, 0.15) is 6.67 Å². The predicted octanol–water partition coefficient (Wildman–Crippen LogP) is 3.00. The first-order valence-corrected chi connectivity index (χ1v) is 5.90. The molecule has 0 bridgehead atoms. The molecule has 9 heteroatoms.